The maximum Gasteiger partial charge on any atom is 0.237 e. The SMILES string of the molecule is CC(C)(C)S(=O)(=O)Nc1cccc(-n2ccc3cnc(Nc4ccc(C5CCNCC5)cc4)nc32)c1. The van der Waals surface area contributed by atoms with Crippen LogP contribution < -0.4 is 15.4 Å². The second kappa shape index (κ2) is 9.55. The summed E-state index contributed by atoms with van der Waals surface area (Å²) in [4.78, 5) is 9.24. The molecular weight excluding hydrogens is 472 g/mol. The van der Waals surface area contributed by atoms with Crippen LogP contribution >= 0.6 is 0 Å². The second-order valence-electron chi connectivity index (χ2n) is 10.2. The third kappa shape index (κ3) is 5.08. The fourth-order valence-corrected chi connectivity index (χ4v) is 5.08. The number of aromatic nitrogens is 3. The topological polar surface area (TPSA) is 101 Å². The standard InChI is InChI=1S/C27H32N6O2S/c1-27(2,3)36(34,35)32-23-5-4-6-24(17-23)33-16-13-21-18-29-26(31-25(21)33)30-22-9-7-19(8-10-22)20-11-14-28-15-12-20/h4-10,13,16-18,20,28,32H,11-12,14-15H2,1-3H3,(H,29,30,31). The molecule has 2 aromatic carbocycles. The Balaban J connectivity index is 1.38. The van der Waals surface area contributed by atoms with E-state index in [2.05, 4.69) is 44.6 Å². The molecule has 8 nitrogen and oxygen atoms in total. The van der Waals surface area contributed by atoms with Crippen LogP contribution in [-0.4, -0.2) is 40.8 Å². The molecule has 3 N–H and O–H groups in total. The largest absolute Gasteiger partial charge is 0.324 e. The molecule has 0 bridgehead atoms. The molecule has 5 rings (SSSR count). The van der Waals surface area contributed by atoms with E-state index in [0.29, 0.717) is 17.6 Å². The summed E-state index contributed by atoms with van der Waals surface area (Å²) in [6, 6.07) is 17.8. The van der Waals surface area contributed by atoms with E-state index in [9.17, 15) is 8.42 Å². The Hall–Kier alpha value is -3.43. The van der Waals surface area contributed by atoms with Crippen molar-refractivity contribution < 1.29 is 8.42 Å². The van der Waals surface area contributed by atoms with Crippen LogP contribution in [0, 0.1) is 0 Å². The molecule has 0 radical (unpaired) electrons. The van der Waals surface area contributed by atoms with Gasteiger partial charge in [-0.05, 0) is 94.6 Å². The molecular formula is C27H32N6O2S. The van der Waals surface area contributed by atoms with Crippen molar-refractivity contribution in [3.8, 4) is 5.69 Å². The van der Waals surface area contributed by atoms with Crippen LogP contribution in [0.5, 0.6) is 0 Å². The van der Waals surface area contributed by atoms with Gasteiger partial charge in [-0.3, -0.25) is 4.72 Å². The molecule has 188 valence electrons. The maximum absolute atomic E-state index is 12.6. The van der Waals surface area contributed by atoms with Gasteiger partial charge in [-0.15, -0.1) is 0 Å². The monoisotopic (exact) mass is 504 g/mol. The Morgan fingerprint density at radius 1 is 1.00 bits per heavy atom. The fourth-order valence-electron chi connectivity index (χ4n) is 4.34. The number of benzene rings is 2. The summed E-state index contributed by atoms with van der Waals surface area (Å²) in [6.07, 6.45) is 6.04. The minimum atomic E-state index is -3.53. The van der Waals surface area contributed by atoms with E-state index in [4.69, 9.17) is 4.98 Å². The molecule has 3 heterocycles. The molecule has 1 saturated heterocycles. The number of rotatable bonds is 6. The van der Waals surface area contributed by atoms with Gasteiger partial charge in [0, 0.05) is 29.2 Å². The first kappa shape index (κ1) is 24.3. The molecule has 36 heavy (non-hydrogen) atoms. The number of nitrogens with one attached hydrogen (secondary N) is 3. The van der Waals surface area contributed by atoms with Gasteiger partial charge < -0.3 is 15.2 Å². The van der Waals surface area contributed by atoms with Crippen molar-refractivity contribution >= 4 is 38.4 Å². The van der Waals surface area contributed by atoms with E-state index < -0.39 is 14.8 Å². The van der Waals surface area contributed by atoms with Crippen LogP contribution in [-0.2, 0) is 10.0 Å². The summed E-state index contributed by atoms with van der Waals surface area (Å²) < 4.78 is 28.9. The lowest BCUT2D eigenvalue weighted by Gasteiger charge is -2.23. The highest BCUT2D eigenvalue weighted by molar-refractivity contribution is 7.94. The molecule has 1 fully saturated rings. The Bertz CT molecular complexity index is 1470. The van der Waals surface area contributed by atoms with Crippen LogP contribution in [0.1, 0.15) is 45.1 Å². The Kier molecular flexibility index (Phi) is 6.44. The van der Waals surface area contributed by atoms with Gasteiger partial charge >= 0.3 is 0 Å². The number of nitrogens with zero attached hydrogens (tertiary/aromatic N) is 3. The number of sulfonamides is 1. The van der Waals surface area contributed by atoms with Gasteiger partial charge in [0.05, 0.1) is 10.4 Å². The summed E-state index contributed by atoms with van der Waals surface area (Å²) in [6.45, 7) is 7.16. The summed E-state index contributed by atoms with van der Waals surface area (Å²) in [5, 5.41) is 7.62. The maximum atomic E-state index is 12.6. The molecule has 0 aliphatic carbocycles. The van der Waals surface area contributed by atoms with Gasteiger partial charge in [-0.25, -0.2) is 13.4 Å². The summed E-state index contributed by atoms with van der Waals surface area (Å²) in [7, 11) is -3.53. The molecule has 0 atom stereocenters. The normalized spacial score (nSPS) is 15.2. The predicted molar refractivity (Wildman–Crippen MR) is 146 cm³/mol. The second-order valence-corrected chi connectivity index (χ2v) is 12.6. The third-order valence-electron chi connectivity index (χ3n) is 6.59. The van der Waals surface area contributed by atoms with Crippen molar-refractivity contribution in [1.82, 2.24) is 19.9 Å². The van der Waals surface area contributed by atoms with E-state index in [1.54, 1.807) is 39.1 Å². The van der Waals surface area contributed by atoms with Gasteiger partial charge in [-0.1, -0.05) is 18.2 Å². The van der Waals surface area contributed by atoms with Crippen molar-refractivity contribution in [2.24, 2.45) is 0 Å². The van der Waals surface area contributed by atoms with Gasteiger partial charge in [0.25, 0.3) is 0 Å². The van der Waals surface area contributed by atoms with Gasteiger partial charge in [0.1, 0.15) is 5.65 Å². The minimum Gasteiger partial charge on any atom is -0.324 e. The van der Waals surface area contributed by atoms with Crippen molar-refractivity contribution in [3.63, 3.8) is 0 Å². The van der Waals surface area contributed by atoms with Crippen molar-refractivity contribution in [2.45, 2.75) is 44.3 Å². The van der Waals surface area contributed by atoms with E-state index in [0.717, 1.165) is 35.5 Å². The van der Waals surface area contributed by atoms with Crippen LogP contribution in [0.25, 0.3) is 16.7 Å². The zero-order valence-electron chi connectivity index (χ0n) is 20.8. The third-order valence-corrected chi connectivity index (χ3v) is 8.70. The first-order chi connectivity index (χ1) is 17.2. The Morgan fingerprint density at radius 2 is 1.75 bits per heavy atom. The van der Waals surface area contributed by atoms with Gasteiger partial charge in [0.2, 0.25) is 16.0 Å². The zero-order chi connectivity index (χ0) is 25.3. The summed E-state index contributed by atoms with van der Waals surface area (Å²) in [5.74, 6) is 1.11. The van der Waals surface area contributed by atoms with E-state index in [1.807, 2.05) is 29.0 Å². The summed E-state index contributed by atoms with van der Waals surface area (Å²) in [5.41, 5.74) is 4.34. The predicted octanol–water partition coefficient (Wildman–Crippen LogP) is 5.17. The average Bonchev–Trinajstić information content (AvgIpc) is 3.28. The van der Waals surface area contributed by atoms with Crippen molar-refractivity contribution in [2.75, 3.05) is 23.1 Å². The van der Waals surface area contributed by atoms with E-state index in [-0.39, 0.29) is 0 Å². The van der Waals surface area contributed by atoms with E-state index >= 15 is 0 Å². The first-order valence-electron chi connectivity index (χ1n) is 12.2. The Morgan fingerprint density at radius 3 is 2.47 bits per heavy atom. The number of fused-ring (bicyclic) bond motifs is 1. The smallest absolute Gasteiger partial charge is 0.237 e. The van der Waals surface area contributed by atoms with Gasteiger partial charge in [0.15, 0.2) is 0 Å². The highest BCUT2D eigenvalue weighted by Crippen LogP contribution is 2.28. The molecule has 2 aromatic heterocycles. The molecule has 0 spiro atoms. The minimum absolute atomic E-state index is 0.502. The number of anilines is 3. The van der Waals surface area contributed by atoms with Crippen LogP contribution in [0.3, 0.4) is 0 Å². The fraction of sp³-hybridized carbons (Fsp3) is 0.333. The molecule has 4 aromatic rings. The lowest BCUT2D eigenvalue weighted by molar-refractivity contribution is 0.460. The Labute approximate surface area is 212 Å². The molecule has 9 heteroatoms. The zero-order valence-corrected chi connectivity index (χ0v) is 21.6. The van der Waals surface area contributed by atoms with Crippen molar-refractivity contribution in [1.29, 1.82) is 0 Å². The summed E-state index contributed by atoms with van der Waals surface area (Å²) >= 11 is 0. The number of hydrogen-bond donors (Lipinski definition) is 3. The van der Waals surface area contributed by atoms with Crippen LogP contribution in [0.4, 0.5) is 17.3 Å². The molecule has 1 aliphatic heterocycles. The number of hydrogen-bond acceptors (Lipinski definition) is 6. The molecule has 1 aliphatic rings. The highest BCUT2D eigenvalue weighted by Gasteiger charge is 2.29. The lowest BCUT2D eigenvalue weighted by Crippen LogP contribution is -2.33. The highest BCUT2D eigenvalue weighted by atomic mass is 32.2. The lowest BCUT2D eigenvalue weighted by atomic mass is 9.90. The van der Waals surface area contributed by atoms with E-state index in [1.165, 1.54) is 18.4 Å². The van der Waals surface area contributed by atoms with Crippen molar-refractivity contribution in [3.05, 3.63) is 72.6 Å². The average molecular weight is 505 g/mol. The molecule has 0 unspecified atom stereocenters. The molecule has 0 saturated carbocycles. The van der Waals surface area contributed by atoms with Crippen LogP contribution in [0.15, 0.2) is 67.0 Å². The van der Waals surface area contributed by atoms with Crippen LogP contribution in [0.2, 0.25) is 0 Å². The van der Waals surface area contributed by atoms with Gasteiger partial charge in [-0.2, -0.15) is 4.98 Å². The first-order valence-corrected chi connectivity index (χ1v) is 13.7. The molecule has 0 amide bonds. The number of piperidine rings is 1. The quantitative estimate of drug-likeness (QED) is 0.335.